The second kappa shape index (κ2) is 8.38. The Morgan fingerprint density at radius 3 is 2.70 bits per heavy atom. The Kier molecular flexibility index (Phi) is 5.83. The summed E-state index contributed by atoms with van der Waals surface area (Å²) in [6.45, 7) is 3.45. The molecule has 0 saturated heterocycles. The molecule has 0 unspecified atom stereocenters. The number of amides is 1. The maximum atomic E-state index is 12.8. The van der Waals surface area contributed by atoms with Gasteiger partial charge in [-0.05, 0) is 37.3 Å². The number of aromatic nitrogens is 2. The van der Waals surface area contributed by atoms with Crippen LogP contribution >= 0.6 is 22.7 Å². The fourth-order valence-corrected chi connectivity index (χ4v) is 5.65. The summed E-state index contributed by atoms with van der Waals surface area (Å²) in [6, 6.07) is 12.5. The molecule has 7 nitrogen and oxygen atoms in total. The van der Waals surface area contributed by atoms with Crippen molar-refractivity contribution in [2.75, 3.05) is 19.5 Å². The Labute approximate surface area is 181 Å². The predicted molar refractivity (Wildman–Crippen MR) is 119 cm³/mol. The zero-order chi connectivity index (χ0) is 21.3. The summed E-state index contributed by atoms with van der Waals surface area (Å²) >= 11 is 2.58. The van der Waals surface area contributed by atoms with Crippen LogP contribution in [0.5, 0.6) is 0 Å². The normalized spacial score (nSPS) is 12.8. The number of hydrogen-bond donors (Lipinski definition) is 0. The number of sulfone groups is 1. The molecule has 0 radical (unpaired) electrons. The number of hydrogen-bond acceptors (Lipinski definition) is 7. The Bertz CT molecular complexity index is 1380. The average Bonchev–Trinajstić information content (AvgIpc) is 3.28. The van der Waals surface area contributed by atoms with Crippen LogP contribution in [0, 0.1) is 0 Å². The van der Waals surface area contributed by atoms with Gasteiger partial charge in [0.1, 0.15) is 0 Å². The van der Waals surface area contributed by atoms with E-state index in [0.717, 1.165) is 20.4 Å². The first-order chi connectivity index (χ1) is 14.4. The molecule has 10 heteroatoms. The van der Waals surface area contributed by atoms with Gasteiger partial charge in [0.2, 0.25) is 0 Å². The van der Waals surface area contributed by atoms with Crippen LogP contribution in [0.1, 0.15) is 16.7 Å². The van der Waals surface area contributed by atoms with E-state index in [-0.39, 0.29) is 4.90 Å². The van der Waals surface area contributed by atoms with E-state index >= 15 is 0 Å². The van der Waals surface area contributed by atoms with Gasteiger partial charge in [0.15, 0.2) is 19.6 Å². The van der Waals surface area contributed by atoms with Gasteiger partial charge in [-0.3, -0.25) is 4.79 Å². The molecule has 4 aromatic rings. The van der Waals surface area contributed by atoms with Crippen molar-refractivity contribution in [1.29, 1.82) is 0 Å². The van der Waals surface area contributed by atoms with Gasteiger partial charge >= 0.3 is 5.91 Å². The smallest absolute Gasteiger partial charge is 0.308 e. The SMILES string of the molecule is CCOCCn1c(=NC(=O)c2nc3ccccc3s2)sc2cc(S(C)(=O)=O)ccc21. The lowest BCUT2D eigenvalue weighted by molar-refractivity contribution is 0.0996. The second-order valence-electron chi connectivity index (χ2n) is 6.54. The maximum Gasteiger partial charge on any atom is 0.308 e. The van der Waals surface area contributed by atoms with Crippen LogP contribution in [0.2, 0.25) is 0 Å². The van der Waals surface area contributed by atoms with E-state index in [1.54, 1.807) is 18.2 Å². The van der Waals surface area contributed by atoms with Crippen LogP contribution in [0.15, 0.2) is 52.4 Å². The summed E-state index contributed by atoms with van der Waals surface area (Å²) in [5.41, 5.74) is 1.57. The van der Waals surface area contributed by atoms with Crippen LogP contribution in [0.25, 0.3) is 20.4 Å². The van der Waals surface area contributed by atoms with Gasteiger partial charge in [-0.15, -0.1) is 11.3 Å². The van der Waals surface area contributed by atoms with Gasteiger partial charge < -0.3 is 9.30 Å². The van der Waals surface area contributed by atoms with E-state index in [4.69, 9.17) is 4.74 Å². The summed E-state index contributed by atoms with van der Waals surface area (Å²) in [6.07, 6.45) is 1.17. The summed E-state index contributed by atoms with van der Waals surface area (Å²) < 4.78 is 32.9. The number of nitrogens with zero attached hydrogens (tertiary/aromatic N) is 3. The number of para-hydroxylation sites is 1. The standard InChI is InChI=1S/C20H19N3O4S3/c1-3-27-11-10-23-15-9-8-13(30(2,25)26)12-17(15)29-20(23)22-18(24)19-21-14-6-4-5-7-16(14)28-19/h4-9,12H,3,10-11H2,1-2H3. The lowest BCUT2D eigenvalue weighted by Crippen LogP contribution is -2.19. The minimum absolute atomic E-state index is 0.234. The number of ether oxygens (including phenoxy) is 1. The van der Waals surface area contributed by atoms with Gasteiger partial charge in [-0.1, -0.05) is 23.5 Å². The highest BCUT2D eigenvalue weighted by molar-refractivity contribution is 7.90. The Hall–Kier alpha value is -2.40. The van der Waals surface area contributed by atoms with Crippen molar-refractivity contribution in [3.63, 3.8) is 0 Å². The van der Waals surface area contributed by atoms with E-state index in [1.165, 1.54) is 28.9 Å². The molecular formula is C20H19N3O4S3. The molecule has 30 heavy (non-hydrogen) atoms. The summed E-state index contributed by atoms with van der Waals surface area (Å²) in [5, 5.41) is 0.321. The maximum absolute atomic E-state index is 12.8. The van der Waals surface area contributed by atoms with Gasteiger partial charge in [-0.2, -0.15) is 4.99 Å². The van der Waals surface area contributed by atoms with Gasteiger partial charge in [0.25, 0.3) is 0 Å². The van der Waals surface area contributed by atoms with Crippen molar-refractivity contribution in [2.24, 2.45) is 4.99 Å². The number of carbonyl (C=O) groups excluding carboxylic acids is 1. The quantitative estimate of drug-likeness (QED) is 0.410. The van der Waals surface area contributed by atoms with Crippen molar-refractivity contribution in [3.8, 4) is 0 Å². The minimum Gasteiger partial charge on any atom is -0.380 e. The Morgan fingerprint density at radius 1 is 1.17 bits per heavy atom. The van der Waals surface area contributed by atoms with Crippen molar-refractivity contribution >= 4 is 58.9 Å². The molecule has 0 bridgehead atoms. The highest BCUT2D eigenvalue weighted by Gasteiger charge is 2.15. The second-order valence-corrected chi connectivity index (χ2v) is 10.6. The molecule has 2 aromatic heterocycles. The molecule has 0 fully saturated rings. The molecule has 0 atom stereocenters. The zero-order valence-corrected chi connectivity index (χ0v) is 18.8. The molecule has 0 saturated carbocycles. The first-order valence-corrected chi connectivity index (χ1v) is 12.7. The van der Waals surface area contributed by atoms with Crippen LogP contribution in [0.3, 0.4) is 0 Å². The molecule has 4 rings (SSSR count). The van der Waals surface area contributed by atoms with E-state index in [0.29, 0.717) is 29.6 Å². The molecule has 0 spiro atoms. The predicted octanol–water partition coefficient (Wildman–Crippen LogP) is 3.49. The van der Waals surface area contributed by atoms with Crippen molar-refractivity contribution in [1.82, 2.24) is 9.55 Å². The van der Waals surface area contributed by atoms with Crippen LogP contribution in [-0.4, -0.2) is 43.3 Å². The molecule has 0 N–H and O–H groups in total. The van der Waals surface area contributed by atoms with Crippen molar-refractivity contribution in [2.45, 2.75) is 18.4 Å². The zero-order valence-electron chi connectivity index (χ0n) is 16.4. The highest BCUT2D eigenvalue weighted by Crippen LogP contribution is 2.24. The van der Waals surface area contributed by atoms with E-state index in [1.807, 2.05) is 35.8 Å². The number of fused-ring (bicyclic) bond motifs is 2. The third-order valence-corrected chi connectivity index (χ3v) is 7.60. The fraction of sp³-hybridized carbons (Fsp3) is 0.250. The topological polar surface area (TPSA) is 90.6 Å². The first kappa shape index (κ1) is 20.9. The fourth-order valence-electron chi connectivity index (χ4n) is 2.98. The molecule has 0 aliphatic carbocycles. The minimum atomic E-state index is -3.33. The number of thiazole rings is 2. The summed E-state index contributed by atoms with van der Waals surface area (Å²) in [7, 11) is -3.33. The van der Waals surface area contributed by atoms with Crippen LogP contribution in [0.4, 0.5) is 0 Å². The number of rotatable bonds is 6. The molecule has 0 aliphatic rings. The first-order valence-electron chi connectivity index (χ1n) is 9.22. The largest absolute Gasteiger partial charge is 0.380 e. The van der Waals surface area contributed by atoms with Crippen LogP contribution in [-0.2, 0) is 21.1 Å². The van der Waals surface area contributed by atoms with Crippen molar-refractivity contribution in [3.05, 3.63) is 52.3 Å². The third kappa shape index (κ3) is 4.22. The van der Waals surface area contributed by atoms with Gasteiger partial charge in [0.05, 0.1) is 31.9 Å². The molecule has 0 aliphatic heterocycles. The third-order valence-electron chi connectivity index (χ3n) is 4.42. The number of carbonyl (C=O) groups is 1. The monoisotopic (exact) mass is 461 g/mol. The Morgan fingerprint density at radius 2 is 1.97 bits per heavy atom. The van der Waals surface area contributed by atoms with Gasteiger partial charge in [0, 0.05) is 19.4 Å². The van der Waals surface area contributed by atoms with Crippen molar-refractivity contribution < 1.29 is 17.9 Å². The lowest BCUT2D eigenvalue weighted by Gasteiger charge is -2.05. The Balaban J connectivity index is 1.82. The van der Waals surface area contributed by atoms with E-state index in [2.05, 4.69) is 9.98 Å². The van der Waals surface area contributed by atoms with Gasteiger partial charge in [-0.25, -0.2) is 13.4 Å². The number of benzene rings is 2. The molecule has 2 aromatic carbocycles. The van der Waals surface area contributed by atoms with Crippen LogP contribution < -0.4 is 4.80 Å². The molecule has 2 heterocycles. The molecule has 1 amide bonds. The highest BCUT2D eigenvalue weighted by atomic mass is 32.2. The summed E-state index contributed by atoms with van der Waals surface area (Å²) in [5.74, 6) is -0.420. The van der Waals surface area contributed by atoms with E-state index < -0.39 is 15.7 Å². The average molecular weight is 462 g/mol. The molecule has 156 valence electrons. The van der Waals surface area contributed by atoms with E-state index in [9.17, 15) is 13.2 Å². The lowest BCUT2D eigenvalue weighted by atomic mass is 10.3. The molecular weight excluding hydrogens is 442 g/mol. The summed E-state index contributed by atoms with van der Waals surface area (Å²) in [4.78, 5) is 22.2.